The van der Waals surface area contributed by atoms with E-state index in [2.05, 4.69) is 21.2 Å². The second-order valence-electron chi connectivity index (χ2n) is 7.22. The standard InChI is InChI=1S/C23H22BrClN2O3S/c1-16-3-5-18(6-4-16)14-27(31(29,30)21-10-7-19(24)8-11-21)15-23(28)26-22-12-9-20(25)13-17(22)2/h3-13H,14-15H2,1-2H3,(H,26,28). The number of sulfonamides is 1. The fraction of sp³-hybridized carbons (Fsp3) is 0.174. The van der Waals surface area contributed by atoms with Gasteiger partial charge in [-0.2, -0.15) is 4.31 Å². The molecule has 0 radical (unpaired) electrons. The quantitative estimate of drug-likeness (QED) is 0.443. The first kappa shape index (κ1) is 23.5. The van der Waals surface area contributed by atoms with Crippen LogP contribution in [-0.4, -0.2) is 25.2 Å². The molecule has 0 heterocycles. The van der Waals surface area contributed by atoms with E-state index in [1.54, 1.807) is 30.3 Å². The molecule has 162 valence electrons. The van der Waals surface area contributed by atoms with Crippen molar-refractivity contribution in [2.75, 3.05) is 11.9 Å². The monoisotopic (exact) mass is 520 g/mol. The molecule has 0 unspecified atom stereocenters. The van der Waals surface area contributed by atoms with E-state index in [1.807, 2.05) is 38.1 Å². The van der Waals surface area contributed by atoms with Crippen LogP contribution < -0.4 is 5.32 Å². The van der Waals surface area contributed by atoms with Crippen molar-refractivity contribution in [2.45, 2.75) is 25.3 Å². The van der Waals surface area contributed by atoms with E-state index in [0.29, 0.717) is 10.7 Å². The zero-order chi connectivity index (χ0) is 22.6. The zero-order valence-corrected chi connectivity index (χ0v) is 20.3. The second-order valence-corrected chi connectivity index (χ2v) is 10.5. The normalized spacial score (nSPS) is 11.5. The molecule has 3 rings (SSSR count). The maximum Gasteiger partial charge on any atom is 0.243 e. The van der Waals surface area contributed by atoms with Crippen molar-refractivity contribution in [1.82, 2.24) is 4.31 Å². The van der Waals surface area contributed by atoms with Gasteiger partial charge in [-0.1, -0.05) is 57.4 Å². The molecule has 0 atom stereocenters. The van der Waals surface area contributed by atoms with Crippen LogP contribution in [0.3, 0.4) is 0 Å². The fourth-order valence-electron chi connectivity index (χ4n) is 3.00. The lowest BCUT2D eigenvalue weighted by Gasteiger charge is -2.22. The van der Waals surface area contributed by atoms with Crippen LogP contribution in [0.5, 0.6) is 0 Å². The molecule has 0 fully saturated rings. The number of anilines is 1. The van der Waals surface area contributed by atoms with Crippen molar-refractivity contribution >= 4 is 49.1 Å². The third-order valence-corrected chi connectivity index (χ3v) is 7.28. The zero-order valence-electron chi connectivity index (χ0n) is 17.1. The highest BCUT2D eigenvalue weighted by molar-refractivity contribution is 9.10. The molecule has 31 heavy (non-hydrogen) atoms. The van der Waals surface area contributed by atoms with E-state index in [1.165, 1.54) is 16.4 Å². The summed E-state index contributed by atoms with van der Waals surface area (Å²) in [6.07, 6.45) is 0. The Morgan fingerprint density at radius 1 is 1.00 bits per heavy atom. The van der Waals surface area contributed by atoms with E-state index in [4.69, 9.17) is 11.6 Å². The lowest BCUT2D eigenvalue weighted by molar-refractivity contribution is -0.116. The van der Waals surface area contributed by atoms with Gasteiger partial charge >= 0.3 is 0 Å². The van der Waals surface area contributed by atoms with Crippen molar-refractivity contribution in [1.29, 1.82) is 0 Å². The first-order valence-corrected chi connectivity index (χ1v) is 12.1. The topological polar surface area (TPSA) is 66.5 Å². The Labute approximate surface area is 196 Å². The van der Waals surface area contributed by atoms with Gasteiger partial charge in [-0.05, 0) is 67.4 Å². The smallest absolute Gasteiger partial charge is 0.243 e. The highest BCUT2D eigenvalue weighted by Crippen LogP contribution is 2.23. The third kappa shape index (κ3) is 6.17. The molecule has 1 N–H and O–H groups in total. The van der Waals surface area contributed by atoms with Crippen LogP contribution in [0.2, 0.25) is 5.02 Å². The highest BCUT2D eigenvalue weighted by atomic mass is 79.9. The third-order valence-electron chi connectivity index (χ3n) is 4.71. The van der Waals surface area contributed by atoms with Gasteiger partial charge in [-0.3, -0.25) is 4.79 Å². The molecule has 0 aliphatic rings. The molecule has 3 aromatic carbocycles. The number of carbonyl (C=O) groups is 1. The molecule has 0 aromatic heterocycles. The van der Waals surface area contributed by atoms with Gasteiger partial charge in [0, 0.05) is 21.7 Å². The van der Waals surface area contributed by atoms with Gasteiger partial charge in [-0.15, -0.1) is 0 Å². The average Bonchev–Trinajstić information content (AvgIpc) is 2.71. The molecule has 0 spiro atoms. The Hall–Kier alpha value is -2.19. The van der Waals surface area contributed by atoms with Crippen molar-refractivity contribution in [2.24, 2.45) is 0 Å². The fourth-order valence-corrected chi connectivity index (χ4v) is 4.87. The van der Waals surface area contributed by atoms with Gasteiger partial charge in [0.05, 0.1) is 11.4 Å². The van der Waals surface area contributed by atoms with Crippen molar-refractivity contribution in [3.8, 4) is 0 Å². The maximum atomic E-state index is 13.3. The van der Waals surface area contributed by atoms with E-state index < -0.39 is 15.9 Å². The number of carbonyl (C=O) groups excluding carboxylic acids is 1. The van der Waals surface area contributed by atoms with Crippen LogP contribution in [0.25, 0.3) is 0 Å². The molecular formula is C23H22BrClN2O3S. The van der Waals surface area contributed by atoms with E-state index >= 15 is 0 Å². The van der Waals surface area contributed by atoms with Crippen LogP contribution in [-0.2, 0) is 21.4 Å². The predicted octanol–water partition coefficient (Wildman–Crippen LogP) is 5.55. The number of halogens is 2. The Bertz CT molecular complexity index is 1180. The van der Waals surface area contributed by atoms with Crippen molar-refractivity contribution in [3.05, 3.63) is 92.9 Å². The molecule has 5 nitrogen and oxygen atoms in total. The van der Waals surface area contributed by atoms with Crippen LogP contribution in [0.1, 0.15) is 16.7 Å². The Morgan fingerprint density at radius 3 is 2.26 bits per heavy atom. The SMILES string of the molecule is Cc1ccc(CN(CC(=O)Nc2ccc(Cl)cc2C)S(=O)(=O)c2ccc(Br)cc2)cc1. The number of amides is 1. The van der Waals surface area contributed by atoms with Crippen LogP contribution in [0, 0.1) is 13.8 Å². The summed E-state index contributed by atoms with van der Waals surface area (Å²) < 4.78 is 28.6. The number of aryl methyl sites for hydroxylation is 2. The first-order valence-electron chi connectivity index (χ1n) is 9.52. The van der Waals surface area contributed by atoms with E-state index in [0.717, 1.165) is 21.2 Å². The first-order chi connectivity index (χ1) is 14.6. The number of benzene rings is 3. The summed E-state index contributed by atoms with van der Waals surface area (Å²) in [7, 11) is -3.90. The van der Waals surface area contributed by atoms with Gasteiger partial charge in [0.2, 0.25) is 15.9 Å². The number of nitrogens with zero attached hydrogens (tertiary/aromatic N) is 1. The average molecular weight is 522 g/mol. The summed E-state index contributed by atoms with van der Waals surface area (Å²) in [5.74, 6) is -0.432. The maximum absolute atomic E-state index is 13.3. The summed E-state index contributed by atoms with van der Waals surface area (Å²) in [4.78, 5) is 12.9. The summed E-state index contributed by atoms with van der Waals surface area (Å²) in [5.41, 5.74) is 3.25. The van der Waals surface area contributed by atoms with Gasteiger partial charge in [0.25, 0.3) is 0 Å². The van der Waals surface area contributed by atoms with Gasteiger partial charge in [0.1, 0.15) is 0 Å². The van der Waals surface area contributed by atoms with Crippen LogP contribution >= 0.6 is 27.5 Å². The molecular weight excluding hydrogens is 500 g/mol. The Balaban J connectivity index is 1.88. The summed E-state index contributed by atoms with van der Waals surface area (Å²) >= 11 is 9.29. The number of hydrogen-bond acceptors (Lipinski definition) is 3. The predicted molar refractivity (Wildman–Crippen MR) is 128 cm³/mol. The van der Waals surface area contributed by atoms with Crippen molar-refractivity contribution < 1.29 is 13.2 Å². The molecule has 8 heteroatoms. The number of hydrogen-bond donors (Lipinski definition) is 1. The summed E-state index contributed by atoms with van der Waals surface area (Å²) in [6.45, 7) is 3.53. The molecule has 0 saturated carbocycles. The minimum Gasteiger partial charge on any atom is -0.325 e. The molecule has 0 bridgehead atoms. The minimum absolute atomic E-state index is 0.0751. The Morgan fingerprint density at radius 2 is 1.65 bits per heavy atom. The highest BCUT2D eigenvalue weighted by Gasteiger charge is 2.27. The lowest BCUT2D eigenvalue weighted by Crippen LogP contribution is -2.37. The molecule has 0 aliphatic carbocycles. The summed E-state index contributed by atoms with van der Waals surface area (Å²) in [6, 6.07) is 19.0. The second kappa shape index (κ2) is 9.96. The van der Waals surface area contributed by atoms with E-state index in [9.17, 15) is 13.2 Å². The largest absolute Gasteiger partial charge is 0.325 e. The molecule has 0 saturated heterocycles. The Kier molecular flexibility index (Phi) is 7.54. The van der Waals surface area contributed by atoms with E-state index in [-0.39, 0.29) is 18.0 Å². The number of rotatable bonds is 7. The van der Waals surface area contributed by atoms with Gasteiger partial charge < -0.3 is 5.32 Å². The van der Waals surface area contributed by atoms with Crippen LogP contribution in [0.4, 0.5) is 5.69 Å². The van der Waals surface area contributed by atoms with Gasteiger partial charge in [-0.25, -0.2) is 8.42 Å². The van der Waals surface area contributed by atoms with Gasteiger partial charge in [0.15, 0.2) is 0 Å². The lowest BCUT2D eigenvalue weighted by atomic mass is 10.1. The molecule has 3 aromatic rings. The van der Waals surface area contributed by atoms with Crippen molar-refractivity contribution in [3.63, 3.8) is 0 Å². The molecule has 1 amide bonds. The van der Waals surface area contributed by atoms with Crippen LogP contribution in [0.15, 0.2) is 76.1 Å². The minimum atomic E-state index is -3.90. The summed E-state index contributed by atoms with van der Waals surface area (Å²) in [5, 5.41) is 3.35. The number of nitrogens with one attached hydrogen (secondary N) is 1. The molecule has 0 aliphatic heterocycles.